The van der Waals surface area contributed by atoms with Crippen LogP contribution in [0.3, 0.4) is 0 Å². The van der Waals surface area contributed by atoms with Gasteiger partial charge in [0, 0.05) is 41.5 Å². The second kappa shape index (κ2) is 5.93. The fourth-order valence-electron chi connectivity index (χ4n) is 3.94. The summed E-state index contributed by atoms with van der Waals surface area (Å²) in [5.74, 6) is 0. The van der Waals surface area contributed by atoms with Crippen LogP contribution in [0, 0.1) is 0 Å². The minimum atomic E-state index is -1.25. The maximum Gasteiger partial charge on any atom is 0.187 e. The molecule has 1 fully saturated rings. The lowest BCUT2D eigenvalue weighted by Crippen LogP contribution is -2.30. The fraction of sp³-hybridized carbons (Fsp3) is 0.250. The summed E-state index contributed by atoms with van der Waals surface area (Å²) in [5, 5.41) is 1.13. The first-order valence-electron chi connectivity index (χ1n) is 8.77. The van der Waals surface area contributed by atoms with Gasteiger partial charge in [-0.2, -0.15) is 0 Å². The van der Waals surface area contributed by atoms with Gasteiger partial charge >= 0.3 is 0 Å². The highest BCUT2D eigenvalue weighted by atomic mass is 32.2. The van der Waals surface area contributed by atoms with Crippen LogP contribution in [-0.4, -0.2) is 22.6 Å². The minimum Gasteiger partial charge on any atom is -0.588 e. The summed E-state index contributed by atoms with van der Waals surface area (Å²) >= 11 is -1.25. The molecule has 1 saturated heterocycles. The Morgan fingerprint density at radius 3 is 2.72 bits per heavy atom. The molecule has 0 aliphatic carbocycles. The number of nitrogens with one attached hydrogen (secondary N) is 1. The lowest BCUT2D eigenvalue weighted by molar-refractivity contribution is 0.579. The van der Waals surface area contributed by atoms with Crippen molar-refractivity contribution in [2.75, 3.05) is 22.7 Å². The molecule has 2 aliphatic heterocycles. The van der Waals surface area contributed by atoms with E-state index in [9.17, 15) is 4.55 Å². The first kappa shape index (κ1) is 15.0. The van der Waals surface area contributed by atoms with Crippen LogP contribution >= 0.6 is 0 Å². The van der Waals surface area contributed by atoms with Crippen molar-refractivity contribution in [1.82, 2.24) is 4.98 Å². The molecule has 0 bridgehead atoms. The number of aromatic nitrogens is 1. The maximum absolute atomic E-state index is 12.6. The topological polar surface area (TPSA) is 51.2 Å². The molecular weight excluding hydrogens is 330 g/mol. The van der Waals surface area contributed by atoms with Gasteiger partial charge in [-0.1, -0.05) is 12.1 Å². The van der Waals surface area contributed by atoms with E-state index in [4.69, 9.17) is 0 Å². The molecule has 1 N–H and O–H groups in total. The summed E-state index contributed by atoms with van der Waals surface area (Å²) in [5.41, 5.74) is 5.17. The molecule has 3 heterocycles. The van der Waals surface area contributed by atoms with Gasteiger partial charge in [-0.25, -0.2) is 4.72 Å². The molecule has 0 saturated carbocycles. The molecule has 0 radical (unpaired) electrons. The molecule has 5 heteroatoms. The van der Waals surface area contributed by atoms with Crippen molar-refractivity contribution in [2.45, 2.75) is 24.2 Å². The Balaban J connectivity index is 1.80. The quantitative estimate of drug-likeness (QED) is 0.664. The molecule has 0 spiro atoms. The van der Waals surface area contributed by atoms with Gasteiger partial charge in [-0.3, -0.25) is 4.98 Å². The Morgan fingerprint density at radius 1 is 1.00 bits per heavy atom. The normalized spacial score (nSPS) is 19.2. The van der Waals surface area contributed by atoms with Gasteiger partial charge in [0.15, 0.2) is 4.90 Å². The van der Waals surface area contributed by atoms with Gasteiger partial charge in [0.05, 0.1) is 0 Å². The van der Waals surface area contributed by atoms with Crippen LogP contribution in [0.4, 0.5) is 11.4 Å². The van der Waals surface area contributed by atoms with Crippen LogP contribution in [-0.2, 0) is 11.4 Å². The number of anilines is 2. The number of rotatable bonds is 1. The maximum atomic E-state index is 12.6. The predicted octanol–water partition coefficient (Wildman–Crippen LogP) is 4.34. The lowest BCUT2D eigenvalue weighted by Gasteiger charge is -2.32. The van der Waals surface area contributed by atoms with Gasteiger partial charge < -0.3 is 9.45 Å². The first-order chi connectivity index (χ1) is 12.3. The van der Waals surface area contributed by atoms with Crippen molar-refractivity contribution < 1.29 is 4.55 Å². The number of hydrogen-bond acceptors (Lipinski definition) is 4. The van der Waals surface area contributed by atoms with Crippen LogP contribution in [0.5, 0.6) is 0 Å². The number of piperidine rings is 1. The number of fused-ring (bicyclic) bond motifs is 5. The van der Waals surface area contributed by atoms with Crippen molar-refractivity contribution >= 4 is 33.6 Å². The average molecular weight is 349 g/mol. The van der Waals surface area contributed by atoms with Crippen molar-refractivity contribution in [3.63, 3.8) is 0 Å². The number of hydrogen-bond donors (Lipinski definition) is 1. The predicted molar refractivity (Wildman–Crippen MR) is 103 cm³/mol. The van der Waals surface area contributed by atoms with Crippen LogP contribution in [0.25, 0.3) is 22.0 Å². The zero-order chi connectivity index (χ0) is 16.8. The van der Waals surface area contributed by atoms with Crippen molar-refractivity contribution in [2.24, 2.45) is 0 Å². The highest BCUT2D eigenvalue weighted by Crippen LogP contribution is 2.45. The fourth-order valence-corrected chi connectivity index (χ4v) is 5.02. The van der Waals surface area contributed by atoms with Crippen LogP contribution in [0.2, 0.25) is 0 Å². The van der Waals surface area contributed by atoms with Gasteiger partial charge in [0.25, 0.3) is 0 Å². The second-order valence-electron chi connectivity index (χ2n) is 6.63. The largest absolute Gasteiger partial charge is 0.588 e. The first-order valence-corrected chi connectivity index (χ1v) is 9.92. The van der Waals surface area contributed by atoms with E-state index in [1.54, 1.807) is 0 Å². The van der Waals surface area contributed by atoms with Crippen molar-refractivity contribution in [3.05, 3.63) is 48.7 Å². The molecule has 126 valence electrons. The van der Waals surface area contributed by atoms with Gasteiger partial charge in [0.1, 0.15) is 22.6 Å². The summed E-state index contributed by atoms with van der Waals surface area (Å²) in [6.45, 7) is 2.17. The standard InChI is InChI=1S/C20H19N3OS/c24-25-18-9-3-2-7-14(18)16-13-17(23-11-4-1-5-12-23)15-8-6-10-21-19(15)20(16)22-25/h2-3,6-10,13,22H,1,4-5,11-12H2. The molecule has 25 heavy (non-hydrogen) atoms. The third-order valence-electron chi connectivity index (χ3n) is 5.14. The molecule has 1 aromatic heterocycles. The molecule has 1 unspecified atom stereocenters. The average Bonchev–Trinajstić information content (AvgIpc) is 2.69. The molecular formula is C20H19N3OS. The van der Waals surface area contributed by atoms with Gasteiger partial charge in [0.2, 0.25) is 0 Å². The van der Waals surface area contributed by atoms with Crippen LogP contribution in [0.15, 0.2) is 53.6 Å². The summed E-state index contributed by atoms with van der Waals surface area (Å²) in [6.07, 6.45) is 5.59. The Morgan fingerprint density at radius 2 is 1.84 bits per heavy atom. The smallest absolute Gasteiger partial charge is 0.187 e. The van der Waals surface area contributed by atoms with E-state index in [1.165, 1.54) is 24.9 Å². The highest BCUT2D eigenvalue weighted by Gasteiger charge is 2.30. The van der Waals surface area contributed by atoms with Crippen molar-refractivity contribution in [1.29, 1.82) is 0 Å². The van der Waals surface area contributed by atoms with E-state index >= 15 is 0 Å². The monoisotopic (exact) mass is 349 g/mol. The molecule has 2 aliphatic rings. The Hall–Kier alpha value is -2.24. The highest BCUT2D eigenvalue weighted by molar-refractivity contribution is 7.93. The zero-order valence-electron chi connectivity index (χ0n) is 13.9. The summed E-state index contributed by atoms with van der Waals surface area (Å²) < 4.78 is 15.8. The van der Waals surface area contributed by atoms with Gasteiger partial charge in [-0.05, 0) is 49.6 Å². The third-order valence-corrected chi connectivity index (χ3v) is 6.28. The summed E-state index contributed by atoms with van der Waals surface area (Å²) in [4.78, 5) is 7.95. The van der Waals surface area contributed by atoms with E-state index < -0.39 is 11.4 Å². The van der Waals surface area contributed by atoms with Crippen LogP contribution < -0.4 is 9.62 Å². The second-order valence-corrected chi connectivity index (χ2v) is 7.81. The molecule has 0 amide bonds. The molecule has 1 atom stereocenters. The van der Waals surface area contributed by atoms with Crippen LogP contribution in [0.1, 0.15) is 19.3 Å². The third kappa shape index (κ3) is 2.38. The SMILES string of the molecule is [O-][S+]1Nc2c(cc(N3CCCCC3)c3cccnc23)-c2ccccc21. The van der Waals surface area contributed by atoms with Crippen molar-refractivity contribution in [3.8, 4) is 11.1 Å². The van der Waals surface area contributed by atoms with Gasteiger partial charge in [-0.15, -0.1) is 0 Å². The Bertz CT molecular complexity index is 953. The van der Waals surface area contributed by atoms with E-state index in [0.717, 1.165) is 45.7 Å². The zero-order valence-corrected chi connectivity index (χ0v) is 14.7. The van der Waals surface area contributed by atoms with E-state index in [1.807, 2.05) is 30.5 Å². The molecule has 5 rings (SSSR count). The molecule has 2 aromatic carbocycles. The molecule has 4 nitrogen and oxygen atoms in total. The number of benzene rings is 2. The summed E-state index contributed by atoms with van der Waals surface area (Å²) in [6, 6.07) is 14.3. The Kier molecular flexibility index (Phi) is 3.57. The van der Waals surface area contributed by atoms with E-state index in [2.05, 4.69) is 32.8 Å². The molecule has 3 aromatic rings. The number of pyridine rings is 1. The van der Waals surface area contributed by atoms with E-state index in [0.29, 0.717) is 0 Å². The lowest BCUT2D eigenvalue weighted by atomic mass is 9.98. The number of nitrogens with zero attached hydrogens (tertiary/aromatic N) is 2. The summed E-state index contributed by atoms with van der Waals surface area (Å²) in [7, 11) is 0. The minimum absolute atomic E-state index is 0.842. The Labute approximate surface area is 150 Å². The van der Waals surface area contributed by atoms with E-state index in [-0.39, 0.29) is 0 Å².